The highest BCUT2D eigenvalue weighted by Gasteiger charge is 2.25. The number of carbonyl (C=O) groups excluding carboxylic acids is 1. The maximum Gasteiger partial charge on any atom is 0.224 e. The van der Waals surface area contributed by atoms with Gasteiger partial charge in [0.05, 0.1) is 5.92 Å². The molecule has 1 saturated heterocycles. The molecule has 3 nitrogen and oxygen atoms in total. The lowest BCUT2D eigenvalue weighted by molar-refractivity contribution is -0.126. The Hall–Kier alpha value is -1.20. The minimum absolute atomic E-state index is 0.0572. The van der Waals surface area contributed by atoms with E-state index in [1.165, 1.54) is 0 Å². The van der Waals surface area contributed by atoms with E-state index < -0.39 is 0 Å². The molecule has 27 heavy (non-hydrogen) atoms. The van der Waals surface area contributed by atoms with Gasteiger partial charge in [0.15, 0.2) is 0 Å². The zero-order chi connectivity index (χ0) is 19.1. The number of hydrogen-bond acceptors (Lipinski definition) is 3. The van der Waals surface area contributed by atoms with Gasteiger partial charge < -0.3 is 5.32 Å². The van der Waals surface area contributed by atoms with Crippen molar-refractivity contribution in [3.8, 4) is 0 Å². The average Bonchev–Trinajstić information content (AvgIpc) is 2.68. The molecule has 1 aliphatic heterocycles. The highest BCUT2D eigenvalue weighted by Crippen LogP contribution is 2.23. The highest BCUT2D eigenvalue weighted by molar-refractivity contribution is 7.99. The lowest BCUT2D eigenvalue weighted by atomic mass is 9.96. The van der Waals surface area contributed by atoms with Crippen LogP contribution in [-0.4, -0.2) is 36.2 Å². The number of carbonyl (C=O) groups is 1. The average molecular weight is 423 g/mol. The Kier molecular flexibility index (Phi) is 7.89. The lowest BCUT2D eigenvalue weighted by Gasteiger charge is -2.32. The van der Waals surface area contributed by atoms with Crippen LogP contribution in [0.15, 0.2) is 53.4 Å². The molecule has 1 heterocycles. The fourth-order valence-electron chi connectivity index (χ4n) is 3.30. The molecule has 0 saturated carbocycles. The Morgan fingerprint density at radius 2 is 1.93 bits per heavy atom. The van der Waals surface area contributed by atoms with E-state index in [1.807, 2.05) is 42.5 Å². The third-order valence-corrected chi connectivity index (χ3v) is 6.35. The van der Waals surface area contributed by atoms with E-state index in [9.17, 15) is 4.79 Å². The molecule has 1 atom stereocenters. The van der Waals surface area contributed by atoms with Crippen molar-refractivity contribution in [3.05, 3.63) is 64.1 Å². The molecule has 0 aromatic heterocycles. The van der Waals surface area contributed by atoms with Gasteiger partial charge in [0, 0.05) is 40.3 Å². The molecule has 2 aromatic carbocycles. The molecule has 3 rings (SSSR count). The van der Waals surface area contributed by atoms with E-state index in [0.29, 0.717) is 6.54 Å². The minimum atomic E-state index is 0.0572. The molecular formula is C21H24Cl2N2OS. The van der Waals surface area contributed by atoms with Gasteiger partial charge in [-0.2, -0.15) is 0 Å². The number of rotatable bonds is 7. The quantitative estimate of drug-likeness (QED) is 0.496. The maximum atomic E-state index is 12.5. The van der Waals surface area contributed by atoms with Crippen LogP contribution in [0.5, 0.6) is 0 Å². The van der Waals surface area contributed by atoms with Crippen molar-refractivity contribution >= 4 is 40.9 Å². The first-order valence-electron chi connectivity index (χ1n) is 9.23. The second-order valence-electron chi connectivity index (χ2n) is 6.76. The molecule has 0 bridgehead atoms. The van der Waals surface area contributed by atoms with Crippen LogP contribution in [0, 0.1) is 5.92 Å². The van der Waals surface area contributed by atoms with E-state index in [0.717, 1.165) is 58.7 Å². The predicted molar refractivity (Wildman–Crippen MR) is 115 cm³/mol. The van der Waals surface area contributed by atoms with Crippen molar-refractivity contribution in [2.75, 3.05) is 25.4 Å². The fraction of sp³-hybridized carbons (Fsp3) is 0.381. The smallest absolute Gasteiger partial charge is 0.224 e. The monoisotopic (exact) mass is 422 g/mol. The topological polar surface area (TPSA) is 32.3 Å². The van der Waals surface area contributed by atoms with Crippen molar-refractivity contribution in [1.29, 1.82) is 0 Å². The zero-order valence-corrected chi connectivity index (χ0v) is 17.5. The Labute approximate surface area is 175 Å². The van der Waals surface area contributed by atoms with Crippen LogP contribution in [0.2, 0.25) is 10.0 Å². The lowest BCUT2D eigenvalue weighted by Crippen LogP contribution is -2.43. The number of nitrogens with zero attached hydrogens (tertiary/aromatic N) is 1. The Balaban J connectivity index is 1.41. The highest BCUT2D eigenvalue weighted by atomic mass is 35.5. The first kappa shape index (κ1) is 20.5. The van der Waals surface area contributed by atoms with Crippen LogP contribution >= 0.6 is 35.0 Å². The van der Waals surface area contributed by atoms with Gasteiger partial charge in [-0.3, -0.25) is 9.69 Å². The van der Waals surface area contributed by atoms with Gasteiger partial charge in [-0.25, -0.2) is 0 Å². The van der Waals surface area contributed by atoms with Crippen molar-refractivity contribution in [2.24, 2.45) is 5.92 Å². The van der Waals surface area contributed by atoms with E-state index in [4.69, 9.17) is 23.2 Å². The number of amides is 1. The summed E-state index contributed by atoms with van der Waals surface area (Å²) >= 11 is 13.9. The number of piperidine rings is 1. The van der Waals surface area contributed by atoms with Gasteiger partial charge in [-0.15, -0.1) is 11.8 Å². The molecule has 144 valence electrons. The summed E-state index contributed by atoms with van der Waals surface area (Å²) in [5, 5.41) is 4.63. The van der Waals surface area contributed by atoms with Gasteiger partial charge >= 0.3 is 0 Å². The first-order chi connectivity index (χ1) is 13.1. The molecule has 0 spiro atoms. The number of hydrogen-bond donors (Lipinski definition) is 1. The summed E-state index contributed by atoms with van der Waals surface area (Å²) in [6.07, 6.45) is 2.00. The van der Waals surface area contributed by atoms with Gasteiger partial charge in [0.1, 0.15) is 0 Å². The largest absolute Gasteiger partial charge is 0.355 e. The molecule has 1 fully saturated rings. The molecule has 0 radical (unpaired) electrons. The summed E-state index contributed by atoms with van der Waals surface area (Å²) in [7, 11) is 0. The normalized spacial score (nSPS) is 17.6. The van der Waals surface area contributed by atoms with E-state index in [-0.39, 0.29) is 11.8 Å². The number of thioether (sulfide) groups is 1. The summed E-state index contributed by atoms with van der Waals surface area (Å²) in [4.78, 5) is 16.0. The van der Waals surface area contributed by atoms with Crippen molar-refractivity contribution in [1.82, 2.24) is 10.2 Å². The van der Waals surface area contributed by atoms with Crippen molar-refractivity contribution in [2.45, 2.75) is 24.3 Å². The van der Waals surface area contributed by atoms with Crippen LogP contribution in [0.4, 0.5) is 0 Å². The summed E-state index contributed by atoms with van der Waals surface area (Å²) < 4.78 is 0. The second kappa shape index (κ2) is 10.4. The zero-order valence-electron chi connectivity index (χ0n) is 15.2. The molecule has 1 amide bonds. The van der Waals surface area contributed by atoms with Crippen LogP contribution < -0.4 is 5.32 Å². The number of halogens is 2. The van der Waals surface area contributed by atoms with Crippen molar-refractivity contribution in [3.63, 3.8) is 0 Å². The third-order valence-electron chi connectivity index (χ3n) is 4.71. The van der Waals surface area contributed by atoms with Crippen LogP contribution in [0.1, 0.15) is 18.4 Å². The summed E-state index contributed by atoms with van der Waals surface area (Å²) in [6, 6.07) is 15.7. The molecule has 6 heteroatoms. The number of benzene rings is 2. The summed E-state index contributed by atoms with van der Waals surface area (Å²) in [5.74, 6) is 1.07. The third kappa shape index (κ3) is 6.42. The van der Waals surface area contributed by atoms with Gasteiger partial charge in [-0.05, 0) is 55.3 Å². The van der Waals surface area contributed by atoms with E-state index in [2.05, 4.69) is 16.3 Å². The predicted octanol–water partition coefficient (Wildman–Crippen LogP) is 5.11. The molecule has 1 N–H and O–H groups in total. The molecular weight excluding hydrogens is 399 g/mol. The SMILES string of the molecule is O=C(NCCSc1ccc(Cl)cc1)[C@H]1CCCN(Cc2ccccc2Cl)C1. The molecule has 1 aliphatic rings. The van der Waals surface area contributed by atoms with E-state index in [1.54, 1.807) is 11.8 Å². The number of likely N-dealkylation sites (tertiary alicyclic amines) is 1. The first-order valence-corrected chi connectivity index (χ1v) is 11.0. The Morgan fingerprint density at radius 3 is 2.70 bits per heavy atom. The molecule has 0 unspecified atom stereocenters. The summed E-state index contributed by atoms with van der Waals surface area (Å²) in [5.41, 5.74) is 1.12. The summed E-state index contributed by atoms with van der Waals surface area (Å²) in [6.45, 7) is 3.28. The number of nitrogens with one attached hydrogen (secondary N) is 1. The van der Waals surface area contributed by atoms with Gasteiger partial charge in [-0.1, -0.05) is 41.4 Å². The Morgan fingerprint density at radius 1 is 1.15 bits per heavy atom. The van der Waals surface area contributed by atoms with Gasteiger partial charge in [0.25, 0.3) is 0 Å². The Bertz CT molecular complexity index is 754. The minimum Gasteiger partial charge on any atom is -0.355 e. The van der Waals surface area contributed by atoms with Crippen LogP contribution in [-0.2, 0) is 11.3 Å². The van der Waals surface area contributed by atoms with Crippen LogP contribution in [0.3, 0.4) is 0 Å². The van der Waals surface area contributed by atoms with Crippen LogP contribution in [0.25, 0.3) is 0 Å². The standard InChI is InChI=1S/C21H24Cl2N2OS/c22-18-7-9-19(10-8-18)27-13-11-24-21(26)17-5-3-12-25(15-17)14-16-4-1-2-6-20(16)23/h1-2,4,6-10,17H,3,5,11-15H2,(H,24,26)/t17-/m0/s1. The maximum absolute atomic E-state index is 12.5. The molecule has 0 aliphatic carbocycles. The van der Waals surface area contributed by atoms with Gasteiger partial charge in [0.2, 0.25) is 5.91 Å². The second-order valence-corrected chi connectivity index (χ2v) is 8.77. The molecule has 2 aromatic rings. The van der Waals surface area contributed by atoms with Crippen molar-refractivity contribution < 1.29 is 4.79 Å². The van der Waals surface area contributed by atoms with E-state index >= 15 is 0 Å². The fourth-order valence-corrected chi connectivity index (χ4v) is 4.39.